The molecular formula is C22H25F6N3O4S. The molecule has 2 atom stereocenters. The highest BCUT2D eigenvalue weighted by Gasteiger charge is 2.40. The largest absolute Gasteiger partial charge is 0.490 e. The van der Waals surface area contributed by atoms with E-state index < -0.39 is 24.3 Å². The van der Waals surface area contributed by atoms with Crippen LogP contribution in [0.1, 0.15) is 15.4 Å². The summed E-state index contributed by atoms with van der Waals surface area (Å²) in [7, 11) is 0. The van der Waals surface area contributed by atoms with E-state index in [0.717, 1.165) is 24.9 Å². The molecule has 2 N–H and O–H groups in total. The average molecular weight is 542 g/mol. The number of carbonyl (C=O) groups is 2. The van der Waals surface area contributed by atoms with Gasteiger partial charge in [-0.2, -0.15) is 26.3 Å². The molecule has 2 aliphatic rings. The Morgan fingerprint density at radius 1 is 0.889 bits per heavy atom. The molecule has 0 amide bonds. The Kier molecular flexibility index (Phi) is 10.3. The minimum Gasteiger partial charge on any atom is -0.475 e. The van der Waals surface area contributed by atoms with Gasteiger partial charge in [0.15, 0.2) is 0 Å². The van der Waals surface area contributed by atoms with E-state index in [2.05, 4.69) is 46.0 Å². The molecule has 2 aliphatic heterocycles. The summed E-state index contributed by atoms with van der Waals surface area (Å²) in [6.07, 6.45) is -8.27. The van der Waals surface area contributed by atoms with Crippen molar-refractivity contribution < 1.29 is 46.1 Å². The number of halogens is 6. The molecule has 2 fully saturated rings. The highest BCUT2D eigenvalue weighted by molar-refractivity contribution is 7.11. The fourth-order valence-electron chi connectivity index (χ4n) is 3.96. The van der Waals surface area contributed by atoms with Crippen LogP contribution in [-0.4, -0.2) is 75.5 Å². The van der Waals surface area contributed by atoms with Gasteiger partial charge in [0.05, 0.1) is 5.69 Å². The predicted octanol–water partition coefficient (Wildman–Crippen LogP) is 4.28. The van der Waals surface area contributed by atoms with Gasteiger partial charge in [-0.15, -0.1) is 11.3 Å². The second-order valence-electron chi connectivity index (χ2n) is 8.35. The summed E-state index contributed by atoms with van der Waals surface area (Å²) in [6, 6.07) is 10.8. The topological polar surface area (TPSA) is 94.0 Å². The number of aryl methyl sites for hydroxylation is 1. The zero-order valence-electron chi connectivity index (χ0n) is 19.1. The minimum atomic E-state index is -5.08. The maximum atomic E-state index is 10.6. The molecular weight excluding hydrogens is 516 g/mol. The number of aliphatic carboxylic acids is 2. The Morgan fingerprint density at radius 2 is 1.36 bits per heavy atom. The molecule has 0 radical (unpaired) electrons. The lowest BCUT2D eigenvalue weighted by Crippen LogP contribution is -2.28. The number of hydrogen-bond donors (Lipinski definition) is 2. The Balaban J connectivity index is 0.000000271. The van der Waals surface area contributed by atoms with Gasteiger partial charge in [-0.25, -0.2) is 9.59 Å². The lowest BCUT2D eigenvalue weighted by Gasteiger charge is -2.20. The van der Waals surface area contributed by atoms with E-state index in [1.807, 2.05) is 23.6 Å². The van der Waals surface area contributed by atoms with Crippen molar-refractivity contribution in [3.05, 3.63) is 52.0 Å². The van der Waals surface area contributed by atoms with Gasteiger partial charge in [0.2, 0.25) is 0 Å². The monoisotopic (exact) mass is 541 g/mol. The van der Waals surface area contributed by atoms with Crippen LogP contribution in [0.3, 0.4) is 0 Å². The summed E-state index contributed by atoms with van der Waals surface area (Å²) < 4.78 is 63.5. The van der Waals surface area contributed by atoms with Crippen molar-refractivity contribution in [3.8, 4) is 0 Å². The van der Waals surface area contributed by atoms with E-state index in [1.165, 1.54) is 41.6 Å². The van der Waals surface area contributed by atoms with Crippen LogP contribution < -0.4 is 0 Å². The number of likely N-dealkylation sites (tertiary alicyclic amines) is 2. The van der Waals surface area contributed by atoms with Crippen molar-refractivity contribution >= 4 is 23.3 Å². The lowest BCUT2D eigenvalue weighted by atomic mass is 10.0. The van der Waals surface area contributed by atoms with Crippen molar-refractivity contribution in [1.82, 2.24) is 14.8 Å². The summed E-state index contributed by atoms with van der Waals surface area (Å²) in [5.41, 5.74) is 1.20. The van der Waals surface area contributed by atoms with Gasteiger partial charge in [-0.3, -0.25) is 14.8 Å². The Morgan fingerprint density at radius 3 is 1.72 bits per heavy atom. The zero-order chi connectivity index (χ0) is 27.1. The maximum Gasteiger partial charge on any atom is 0.490 e. The SMILES string of the molecule is Cc1ccc(CN2C[C@H]3CN(Cc4ccccn4)C[C@H]3C2)s1.O=C(O)C(F)(F)F.O=C(O)C(F)(F)F. The van der Waals surface area contributed by atoms with E-state index in [9.17, 15) is 26.3 Å². The van der Waals surface area contributed by atoms with Gasteiger partial charge in [0, 0.05) is 55.2 Å². The minimum absolute atomic E-state index is 0.852. The first kappa shape index (κ1) is 29.5. The predicted molar refractivity (Wildman–Crippen MR) is 118 cm³/mol. The average Bonchev–Trinajstić information content (AvgIpc) is 3.43. The molecule has 2 aromatic heterocycles. The van der Waals surface area contributed by atoms with Crippen molar-refractivity contribution in [2.45, 2.75) is 32.4 Å². The fourth-order valence-corrected chi connectivity index (χ4v) is 4.89. The molecule has 200 valence electrons. The Labute approximate surface area is 207 Å². The van der Waals surface area contributed by atoms with Crippen LogP contribution in [0.4, 0.5) is 26.3 Å². The van der Waals surface area contributed by atoms with Gasteiger partial charge in [-0.1, -0.05) is 6.07 Å². The zero-order valence-corrected chi connectivity index (χ0v) is 19.9. The molecule has 36 heavy (non-hydrogen) atoms. The third-order valence-corrected chi connectivity index (χ3v) is 6.40. The molecule has 4 rings (SSSR count). The number of rotatable bonds is 4. The number of hydrogen-bond acceptors (Lipinski definition) is 6. The van der Waals surface area contributed by atoms with Crippen LogP contribution in [0.2, 0.25) is 0 Å². The Hall–Kier alpha value is -2.71. The molecule has 0 spiro atoms. The standard InChI is InChI=1S/C18H23N3S.2C2HF3O2/c1-14-5-6-18(22-14)13-21-10-15-8-20(9-16(15)11-21)12-17-4-2-3-7-19-17;2*3-2(4,5)1(6)7/h2-7,15-16H,8-13H2,1H3;2*(H,6,7)/t15-,16+;;. The van der Waals surface area contributed by atoms with E-state index in [1.54, 1.807) is 0 Å². The number of carboxylic acids is 2. The van der Waals surface area contributed by atoms with Crippen LogP contribution in [-0.2, 0) is 22.7 Å². The third kappa shape index (κ3) is 9.74. The van der Waals surface area contributed by atoms with Crippen molar-refractivity contribution in [2.75, 3.05) is 26.2 Å². The van der Waals surface area contributed by atoms with Gasteiger partial charge in [0.1, 0.15) is 0 Å². The quantitative estimate of drug-likeness (QED) is 0.558. The number of nitrogens with zero attached hydrogens (tertiary/aromatic N) is 3. The number of fused-ring (bicyclic) bond motifs is 1. The lowest BCUT2D eigenvalue weighted by molar-refractivity contribution is -0.193. The molecule has 0 aliphatic carbocycles. The first-order chi connectivity index (χ1) is 16.6. The number of pyridine rings is 1. The Bertz CT molecular complexity index is 962. The maximum absolute atomic E-state index is 10.6. The highest BCUT2D eigenvalue weighted by Crippen LogP contribution is 2.33. The molecule has 0 bridgehead atoms. The summed E-state index contributed by atoms with van der Waals surface area (Å²) in [5.74, 6) is -3.81. The molecule has 0 aromatic carbocycles. The molecule has 4 heterocycles. The van der Waals surface area contributed by atoms with Crippen molar-refractivity contribution in [1.29, 1.82) is 0 Å². The van der Waals surface area contributed by atoms with Gasteiger partial charge in [-0.05, 0) is 43.0 Å². The van der Waals surface area contributed by atoms with E-state index >= 15 is 0 Å². The number of carboxylic acid groups (broad SMARTS) is 2. The van der Waals surface area contributed by atoms with Gasteiger partial charge in [0.25, 0.3) is 0 Å². The normalized spacial score (nSPS) is 20.1. The summed E-state index contributed by atoms with van der Waals surface area (Å²) in [4.78, 5) is 30.4. The first-order valence-corrected chi connectivity index (χ1v) is 11.5. The second-order valence-corrected chi connectivity index (χ2v) is 9.72. The van der Waals surface area contributed by atoms with Crippen molar-refractivity contribution in [3.63, 3.8) is 0 Å². The number of alkyl halides is 6. The molecule has 0 unspecified atom stereocenters. The first-order valence-electron chi connectivity index (χ1n) is 10.6. The van der Waals surface area contributed by atoms with E-state index in [-0.39, 0.29) is 0 Å². The third-order valence-electron chi connectivity index (χ3n) is 5.41. The summed E-state index contributed by atoms with van der Waals surface area (Å²) in [6.45, 7) is 9.36. The van der Waals surface area contributed by atoms with E-state index in [0.29, 0.717) is 0 Å². The highest BCUT2D eigenvalue weighted by atomic mass is 32.1. The molecule has 7 nitrogen and oxygen atoms in total. The van der Waals surface area contributed by atoms with Crippen LogP contribution in [0.15, 0.2) is 36.5 Å². The van der Waals surface area contributed by atoms with Gasteiger partial charge >= 0.3 is 24.3 Å². The number of aromatic nitrogens is 1. The smallest absolute Gasteiger partial charge is 0.475 e. The summed E-state index contributed by atoms with van der Waals surface area (Å²) >= 11 is 1.94. The van der Waals surface area contributed by atoms with Crippen LogP contribution in [0.5, 0.6) is 0 Å². The molecule has 2 saturated heterocycles. The molecule has 14 heteroatoms. The molecule has 2 aromatic rings. The summed E-state index contributed by atoms with van der Waals surface area (Å²) in [5, 5.41) is 14.2. The second kappa shape index (κ2) is 12.5. The molecule has 0 saturated carbocycles. The van der Waals surface area contributed by atoms with E-state index in [4.69, 9.17) is 19.8 Å². The number of thiophene rings is 1. The van der Waals surface area contributed by atoms with Crippen molar-refractivity contribution in [2.24, 2.45) is 11.8 Å². The van der Waals surface area contributed by atoms with Crippen LogP contribution in [0, 0.1) is 18.8 Å². The van der Waals surface area contributed by atoms with Crippen LogP contribution in [0.25, 0.3) is 0 Å². The fraction of sp³-hybridized carbons (Fsp3) is 0.500. The van der Waals surface area contributed by atoms with Crippen LogP contribution >= 0.6 is 11.3 Å². The van der Waals surface area contributed by atoms with Gasteiger partial charge < -0.3 is 10.2 Å².